The molecule has 1 aromatic carbocycles. The Morgan fingerprint density at radius 3 is 2.86 bits per heavy atom. The van der Waals surface area contributed by atoms with Crippen LogP contribution in [0.1, 0.15) is 23.9 Å². The van der Waals surface area contributed by atoms with Crippen molar-refractivity contribution in [1.82, 2.24) is 10.2 Å². The summed E-state index contributed by atoms with van der Waals surface area (Å²) in [7, 11) is 0. The van der Waals surface area contributed by atoms with Crippen molar-refractivity contribution in [3.63, 3.8) is 0 Å². The summed E-state index contributed by atoms with van der Waals surface area (Å²) in [5.74, 6) is 0. The molecule has 0 radical (unpaired) electrons. The van der Waals surface area contributed by atoms with E-state index in [0.717, 1.165) is 11.4 Å². The molecule has 0 spiro atoms. The Labute approximate surface area is 121 Å². The second-order valence-corrected chi connectivity index (χ2v) is 4.89. The average Bonchev–Trinajstić information content (AvgIpc) is 2.84. The lowest BCUT2D eigenvalue weighted by atomic mass is 10.1. The molecule has 2 rings (SSSR count). The first kappa shape index (κ1) is 14.5. The number of anilines is 1. The van der Waals surface area contributed by atoms with E-state index in [2.05, 4.69) is 15.5 Å². The summed E-state index contributed by atoms with van der Waals surface area (Å²) < 4.78 is 0. The molecule has 1 unspecified atom stereocenters. The van der Waals surface area contributed by atoms with Gasteiger partial charge in [0, 0.05) is 30.3 Å². The van der Waals surface area contributed by atoms with Crippen LogP contribution < -0.4 is 5.32 Å². The zero-order valence-electron chi connectivity index (χ0n) is 11.8. The topological polar surface area (TPSA) is 108 Å². The molecule has 0 aliphatic carbocycles. The number of aromatic nitrogens is 2. The van der Waals surface area contributed by atoms with Gasteiger partial charge >= 0.3 is 0 Å². The zero-order chi connectivity index (χ0) is 15.4. The predicted octanol–water partition coefficient (Wildman–Crippen LogP) is 2.54. The van der Waals surface area contributed by atoms with Gasteiger partial charge in [-0.05, 0) is 26.0 Å². The summed E-state index contributed by atoms with van der Waals surface area (Å²) >= 11 is 0. The third-order valence-electron chi connectivity index (χ3n) is 3.01. The van der Waals surface area contributed by atoms with Crippen LogP contribution in [-0.2, 0) is 6.42 Å². The number of nitrogens with one attached hydrogen (secondary N) is 2. The molecule has 7 heteroatoms. The van der Waals surface area contributed by atoms with Gasteiger partial charge in [-0.1, -0.05) is 0 Å². The van der Waals surface area contributed by atoms with E-state index < -0.39 is 4.92 Å². The van der Waals surface area contributed by atoms with Crippen molar-refractivity contribution in [3.05, 3.63) is 51.3 Å². The number of H-pyrrole nitrogens is 1. The fourth-order valence-corrected chi connectivity index (χ4v) is 2.07. The normalized spacial score (nSPS) is 11.7. The number of aromatic amines is 1. The number of nitro groups is 1. The van der Waals surface area contributed by atoms with E-state index in [4.69, 9.17) is 5.26 Å². The van der Waals surface area contributed by atoms with E-state index >= 15 is 0 Å². The van der Waals surface area contributed by atoms with Crippen LogP contribution in [0.25, 0.3) is 0 Å². The van der Waals surface area contributed by atoms with Crippen LogP contribution in [0.5, 0.6) is 0 Å². The Morgan fingerprint density at radius 1 is 1.52 bits per heavy atom. The number of nitrogens with zero attached hydrogens (tertiary/aromatic N) is 3. The van der Waals surface area contributed by atoms with Gasteiger partial charge in [0.1, 0.15) is 6.07 Å². The summed E-state index contributed by atoms with van der Waals surface area (Å²) in [4.78, 5) is 10.2. The maximum atomic E-state index is 10.7. The van der Waals surface area contributed by atoms with E-state index in [1.807, 2.05) is 26.0 Å². The zero-order valence-corrected chi connectivity index (χ0v) is 11.8. The van der Waals surface area contributed by atoms with Crippen molar-refractivity contribution < 1.29 is 4.92 Å². The summed E-state index contributed by atoms with van der Waals surface area (Å²) in [6, 6.07) is 8.19. The number of aryl methyl sites for hydroxylation is 1. The molecule has 0 fully saturated rings. The van der Waals surface area contributed by atoms with Crippen LogP contribution >= 0.6 is 0 Å². The second kappa shape index (κ2) is 6.05. The van der Waals surface area contributed by atoms with Gasteiger partial charge in [-0.25, -0.2) is 0 Å². The monoisotopic (exact) mass is 285 g/mol. The Hall–Kier alpha value is -2.88. The van der Waals surface area contributed by atoms with Crippen LogP contribution in [-0.4, -0.2) is 21.2 Å². The van der Waals surface area contributed by atoms with Crippen molar-refractivity contribution in [2.24, 2.45) is 0 Å². The quantitative estimate of drug-likeness (QED) is 0.648. The molecule has 1 aromatic heterocycles. The summed E-state index contributed by atoms with van der Waals surface area (Å²) in [5.41, 5.74) is 2.67. The highest BCUT2D eigenvalue weighted by Gasteiger charge is 2.13. The first-order valence-corrected chi connectivity index (χ1v) is 6.45. The van der Waals surface area contributed by atoms with Crippen molar-refractivity contribution in [2.75, 3.05) is 5.32 Å². The lowest BCUT2D eigenvalue weighted by Crippen LogP contribution is -2.19. The lowest BCUT2D eigenvalue weighted by Gasteiger charge is -2.15. The summed E-state index contributed by atoms with van der Waals surface area (Å²) in [5, 5.41) is 30.0. The number of nitriles is 1. The molecule has 0 aliphatic rings. The smallest absolute Gasteiger partial charge is 0.270 e. The predicted molar refractivity (Wildman–Crippen MR) is 77.9 cm³/mol. The Morgan fingerprint density at radius 2 is 2.29 bits per heavy atom. The minimum atomic E-state index is -0.513. The standard InChI is InChI=1S/C14H15N5O2/c1-9(5-12-6-10(2)17-18-12)16-14-4-3-13(19(20)21)7-11(14)8-15/h3-4,6-7,9,16H,5H2,1-2H3,(H,17,18). The van der Waals surface area contributed by atoms with E-state index in [0.29, 0.717) is 12.1 Å². The molecule has 1 heterocycles. The average molecular weight is 285 g/mol. The van der Waals surface area contributed by atoms with E-state index in [1.165, 1.54) is 12.1 Å². The maximum absolute atomic E-state index is 10.7. The van der Waals surface area contributed by atoms with Crippen molar-refractivity contribution >= 4 is 11.4 Å². The van der Waals surface area contributed by atoms with Gasteiger partial charge in [-0.15, -0.1) is 0 Å². The number of hydrogen-bond donors (Lipinski definition) is 2. The van der Waals surface area contributed by atoms with Crippen molar-refractivity contribution in [3.8, 4) is 6.07 Å². The first-order chi connectivity index (χ1) is 9.99. The largest absolute Gasteiger partial charge is 0.381 e. The molecule has 0 bridgehead atoms. The van der Waals surface area contributed by atoms with Crippen LogP contribution in [0.15, 0.2) is 24.3 Å². The van der Waals surface area contributed by atoms with Crippen LogP contribution in [0.2, 0.25) is 0 Å². The second-order valence-electron chi connectivity index (χ2n) is 4.89. The van der Waals surface area contributed by atoms with Gasteiger partial charge in [0.25, 0.3) is 5.69 Å². The number of benzene rings is 1. The molecule has 2 N–H and O–H groups in total. The highest BCUT2D eigenvalue weighted by atomic mass is 16.6. The van der Waals surface area contributed by atoms with Crippen LogP contribution in [0.4, 0.5) is 11.4 Å². The van der Waals surface area contributed by atoms with Crippen molar-refractivity contribution in [1.29, 1.82) is 5.26 Å². The van der Waals surface area contributed by atoms with Crippen molar-refractivity contribution in [2.45, 2.75) is 26.3 Å². The maximum Gasteiger partial charge on any atom is 0.270 e. The Balaban J connectivity index is 2.11. The molecule has 2 aromatic rings. The third kappa shape index (κ3) is 3.57. The minimum Gasteiger partial charge on any atom is -0.381 e. The summed E-state index contributed by atoms with van der Waals surface area (Å²) in [6.07, 6.45) is 0.687. The molecule has 7 nitrogen and oxygen atoms in total. The molecule has 0 amide bonds. The number of nitro benzene ring substituents is 1. The molecule has 0 saturated carbocycles. The van der Waals surface area contributed by atoms with E-state index in [9.17, 15) is 10.1 Å². The highest BCUT2D eigenvalue weighted by Crippen LogP contribution is 2.22. The molecule has 0 aliphatic heterocycles. The molecular weight excluding hydrogens is 270 g/mol. The number of hydrogen-bond acceptors (Lipinski definition) is 5. The minimum absolute atomic E-state index is 0.0428. The highest BCUT2D eigenvalue weighted by molar-refractivity contribution is 5.61. The van der Waals surface area contributed by atoms with Gasteiger partial charge in [0.2, 0.25) is 0 Å². The molecule has 0 saturated heterocycles. The first-order valence-electron chi connectivity index (χ1n) is 6.45. The summed E-state index contributed by atoms with van der Waals surface area (Å²) in [6.45, 7) is 3.89. The van der Waals surface area contributed by atoms with E-state index in [1.54, 1.807) is 6.07 Å². The van der Waals surface area contributed by atoms with Gasteiger partial charge in [0.05, 0.1) is 21.9 Å². The Bertz CT molecular complexity index is 702. The van der Waals surface area contributed by atoms with Crippen LogP contribution in [0, 0.1) is 28.4 Å². The van der Waals surface area contributed by atoms with Crippen LogP contribution in [0.3, 0.4) is 0 Å². The fourth-order valence-electron chi connectivity index (χ4n) is 2.07. The molecular formula is C14H15N5O2. The van der Waals surface area contributed by atoms with E-state index in [-0.39, 0.29) is 17.3 Å². The Kier molecular flexibility index (Phi) is 4.18. The molecule has 108 valence electrons. The van der Waals surface area contributed by atoms with Gasteiger partial charge in [0.15, 0.2) is 0 Å². The lowest BCUT2D eigenvalue weighted by molar-refractivity contribution is -0.384. The number of rotatable bonds is 5. The molecule has 1 atom stereocenters. The fraction of sp³-hybridized carbons (Fsp3) is 0.286. The molecule has 21 heavy (non-hydrogen) atoms. The SMILES string of the molecule is Cc1cc(CC(C)Nc2ccc([N+](=O)[O-])cc2C#N)n[nH]1. The van der Waals surface area contributed by atoms with Gasteiger partial charge < -0.3 is 5.32 Å². The third-order valence-corrected chi connectivity index (χ3v) is 3.01. The van der Waals surface area contributed by atoms with Gasteiger partial charge in [-0.2, -0.15) is 10.4 Å². The van der Waals surface area contributed by atoms with Gasteiger partial charge in [-0.3, -0.25) is 15.2 Å². The number of non-ortho nitro benzene ring substituents is 1.